The molecule has 1 saturated carbocycles. The van der Waals surface area contributed by atoms with Gasteiger partial charge in [0.1, 0.15) is 0 Å². The molecule has 1 aromatic carbocycles. The van der Waals surface area contributed by atoms with E-state index in [0.717, 1.165) is 6.54 Å². The van der Waals surface area contributed by atoms with Crippen LogP contribution in [-0.2, 0) is 0 Å². The van der Waals surface area contributed by atoms with Crippen LogP contribution in [0.3, 0.4) is 0 Å². The third-order valence-corrected chi connectivity index (χ3v) is 4.32. The molecule has 2 rings (SSSR count). The molecule has 3 nitrogen and oxygen atoms in total. The lowest BCUT2D eigenvalue weighted by atomic mass is 9.92. The van der Waals surface area contributed by atoms with E-state index in [2.05, 4.69) is 55.3 Å². The van der Waals surface area contributed by atoms with Crippen LogP contribution in [0.15, 0.2) is 24.3 Å². The second kappa shape index (κ2) is 6.49. The Kier molecular flexibility index (Phi) is 4.92. The number of anilines is 2. The zero-order chi connectivity index (χ0) is 14.6. The van der Waals surface area contributed by atoms with Crippen molar-refractivity contribution >= 4 is 11.4 Å². The zero-order valence-electron chi connectivity index (χ0n) is 13.0. The highest BCUT2D eigenvalue weighted by Gasteiger charge is 2.30. The number of rotatable bonds is 6. The molecule has 20 heavy (non-hydrogen) atoms. The van der Waals surface area contributed by atoms with E-state index in [1.807, 2.05) is 0 Å². The molecule has 0 bridgehead atoms. The average molecular weight is 276 g/mol. The van der Waals surface area contributed by atoms with E-state index in [1.54, 1.807) is 0 Å². The first-order valence-corrected chi connectivity index (χ1v) is 7.76. The fraction of sp³-hybridized carbons (Fsp3) is 0.647. The molecule has 0 heterocycles. The van der Waals surface area contributed by atoms with Gasteiger partial charge in [-0.3, -0.25) is 0 Å². The first-order chi connectivity index (χ1) is 9.54. The maximum Gasteiger partial charge on any atom is 0.0606 e. The van der Waals surface area contributed by atoms with Crippen LogP contribution in [0.1, 0.15) is 40.0 Å². The van der Waals surface area contributed by atoms with Gasteiger partial charge in [-0.15, -0.1) is 0 Å². The lowest BCUT2D eigenvalue weighted by Crippen LogP contribution is -2.26. The predicted octanol–water partition coefficient (Wildman–Crippen LogP) is 3.50. The van der Waals surface area contributed by atoms with Crippen LogP contribution in [0.2, 0.25) is 0 Å². The Balaban J connectivity index is 1.95. The minimum absolute atomic E-state index is 0.199. The Labute approximate surface area is 123 Å². The van der Waals surface area contributed by atoms with E-state index in [1.165, 1.54) is 30.6 Å². The molecule has 0 radical (unpaired) electrons. The maximum absolute atomic E-state index is 9.07. The van der Waals surface area contributed by atoms with Crippen molar-refractivity contribution < 1.29 is 5.11 Å². The van der Waals surface area contributed by atoms with Gasteiger partial charge >= 0.3 is 0 Å². The van der Waals surface area contributed by atoms with Gasteiger partial charge in [0.15, 0.2) is 0 Å². The largest absolute Gasteiger partial charge is 0.395 e. The third kappa shape index (κ3) is 3.89. The second-order valence-corrected chi connectivity index (χ2v) is 6.60. The van der Waals surface area contributed by atoms with E-state index in [0.29, 0.717) is 18.0 Å². The predicted molar refractivity (Wildman–Crippen MR) is 86.5 cm³/mol. The highest BCUT2D eigenvalue weighted by molar-refractivity contribution is 5.55. The molecule has 0 aliphatic heterocycles. The average Bonchev–Trinajstić information content (AvgIpc) is 2.76. The van der Waals surface area contributed by atoms with Crippen LogP contribution in [0.4, 0.5) is 11.4 Å². The molecule has 112 valence electrons. The fourth-order valence-electron chi connectivity index (χ4n) is 3.15. The van der Waals surface area contributed by atoms with Crippen molar-refractivity contribution in [3.05, 3.63) is 24.3 Å². The monoisotopic (exact) mass is 276 g/mol. The normalized spacial score (nSPS) is 20.9. The maximum atomic E-state index is 9.07. The number of likely N-dealkylation sites (N-methyl/N-ethyl adjacent to an activating group) is 1. The molecule has 0 spiro atoms. The number of hydrogen-bond acceptors (Lipinski definition) is 3. The minimum atomic E-state index is 0.199. The van der Waals surface area contributed by atoms with E-state index < -0.39 is 0 Å². The van der Waals surface area contributed by atoms with Gasteiger partial charge in [0.2, 0.25) is 0 Å². The number of aliphatic hydroxyl groups is 1. The van der Waals surface area contributed by atoms with Gasteiger partial charge in [-0.2, -0.15) is 0 Å². The summed E-state index contributed by atoms with van der Waals surface area (Å²) in [5.41, 5.74) is 2.87. The molecule has 1 aliphatic carbocycles. The molecule has 0 saturated heterocycles. The summed E-state index contributed by atoms with van der Waals surface area (Å²) >= 11 is 0. The highest BCUT2D eigenvalue weighted by Crippen LogP contribution is 2.38. The van der Waals surface area contributed by atoms with Gasteiger partial charge in [0, 0.05) is 30.5 Å². The van der Waals surface area contributed by atoms with Gasteiger partial charge in [-0.05, 0) is 55.9 Å². The Hall–Kier alpha value is -1.22. The molecule has 0 aromatic heterocycles. The lowest BCUT2D eigenvalue weighted by molar-refractivity contribution is 0.302. The van der Waals surface area contributed by atoms with Crippen molar-refractivity contribution in [1.29, 1.82) is 0 Å². The first kappa shape index (κ1) is 15.2. The van der Waals surface area contributed by atoms with E-state index in [4.69, 9.17) is 5.11 Å². The molecule has 0 amide bonds. The molecule has 1 aromatic rings. The Morgan fingerprint density at radius 1 is 1.30 bits per heavy atom. The lowest BCUT2D eigenvalue weighted by Gasteiger charge is -2.23. The quantitative estimate of drug-likeness (QED) is 0.835. The summed E-state index contributed by atoms with van der Waals surface area (Å²) in [4.78, 5) is 2.18. The van der Waals surface area contributed by atoms with E-state index in [-0.39, 0.29) is 6.61 Å². The summed E-state index contributed by atoms with van der Waals surface area (Å²) in [5, 5.41) is 12.7. The first-order valence-electron chi connectivity index (χ1n) is 7.76. The Morgan fingerprint density at radius 3 is 2.50 bits per heavy atom. The van der Waals surface area contributed by atoms with Gasteiger partial charge in [-0.1, -0.05) is 13.8 Å². The summed E-state index contributed by atoms with van der Waals surface area (Å²) in [6.07, 6.45) is 3.82. The van der Waals surface area contributed by atoms with Crippen LogP contribution in [0.25, 0.3) is 0 Å². The number of benzene rings is 1. The Morgan fingerprint density at radius 2 is 2.00 bits per heavy atom. The van der Waals surface area contributed by atoms with Gasteiger partial charge in [0.05, 0.1) is 6.61 Å². The molecular formula is C17H28N2O. The fourth-order valence-corrected chi connectivity index (χ4v) is 3.15. The molecule has 1 aliphatic rings. The number of aliphatic hydroxyl groups excluding tert-OH is 1. The van der Waals surface area contributed by atoms with Gasteiger partial charge in [-0.25, -0.2) is 0 Å². The highest BCUT2D eigenvalue weighted by atomic mass is 16.3. The number of nitrogens with zero attached hydrogens (tertiary/aromatic N) is 1. The second-order valence-electron chi connectivity index (χ2n) is 6.60. The van der Waals surface area contributed by atoms with Crippen molar-refractivity contribution in [2.45, 2.75) is 46.1 Å². The summed E-state index contributed by atoms with van der Waals surface area (Å²) in [6.45, 7) is 8.63. The minimum Gasteiger partial charge on any atom is -0.395 e. The summed E-state index contributed by atoms with van der Waals surface area (Å²) in [6, 6.07) is 9.19. The van der Waals surface area contributed by atoms with Crippen LogP contribution >= 0.6 is 0 Å². The van der Waals surface area contributed by atoms with Crippen LogP contribution in [0.5, 0.6) is 0 Å². The molecule has 2 N–H and O–H groups in total. The van der Waals surface area contributed by atoms with Crippen LogP contribution in [0, 0.1) is 5.41 Å². The van der Waals surface area contributed by atoms with Crippen molar-refractivity contribution in [2.75, 3.05) is 29.9 Å². The van der Waals surface area contributed by atoms with Crippen molar-refractivity contribution in [3.8, 4) is 0 Å². The van der Waals surface area contributed by atoms with Crippen LogP contribution in [-0.4, -0.2) is 30.8 Å². The smallest absolute Gasteiger partial charge is 0.0606 e. The van der Waals surface area contributed by atoms with Gasteiger partial charge in [0.25, 0.3) is 0 Å². The molecule has 1 fully saturated rings. The SMILES string of the molecule is CCN(CCO)c1ccc(NC2CCC(C)(C)C2)cc1. The van der Waals surface area contributed by atoms with Gasteiger partial charge < -0.3 is 15.3 Å². The zero-order valence-corrected chi connectivity index (χ0v) is 13.0. The molecule has 3 heteroatoms. The standard InChI is InChI=1S/C17H28N2O/c1-4-19(11-12-20)16-7-5-14(6-8-16)18-15-9-10-17(2,3)13-15/h5-8,15,18,20H,4,9-13H2,1-3H3. The molecule has 1 unspecified atom stereocenters. The Bertz CT molecular complexity index is 414. The summed E-state index contributed by atoms with van der Waals surface area (Å²) in [5.74, 6) is 0. The number of nitrogens with one attached hydrogen (secondary N) is 1. The molecule has 1 atom stereocenters. The summed E-state index contributed by atoms with van der Waals surface area (Å²) < 4.78 is 0. The topological polar surface area (TPSA) is 35.5 Å². The summed E-state index contributed by atoms with van der Waals surface area (Å²) in [7, 11) is 0. The van der Waals surface area contributed by atoms with Crippen LogP contribution < -0.4 is 10.2 Å². The molecular weight excluding hydrogens is 248 g/mol. The van der Waals surface area contributed by atoms with E-state index >= 15 is 0 Å². The number of hydrogen-bond donors (Lipinski definition) is 2. The van der Waals surface area contributed by atoms with Crippen molar-refractivity contribution in [2.24, 2.45) is 5.41 Å². The van der Waals surface area contributed by atoms with E-state index in [9.17, 15) is 0 Å². The van der Waals surface area contributed by atoms with Crippen molar-refractivity contribution in [1.82, 2.24) is 0 Å². The third-order valence-electron chi connectivity index (χ3n) is 4.32. The van der Waals surface area contributed by atoms with Crippen molar-refractivity contribution in [3.63, 3.8) is 0 Å².